The molecule has 0 amide bonds. The zero-order chi connectivity index (χ0) is 14.8. The molecule has 3 nitrogen and oxygen atoms in total. The first kappa shape index (κ1) is 13.4. The molecule has 1 aliphatic rings. The van der Waals surface area contributed by atoms with Gasteiger partial charge in [0.1, 0.15) is 17.6 Å². The van der Waals surface area contributed by atoms with E-state index in [0.29, 0.717) is 0 Å². The van der Waals surface area contributed by atoms with Gasteiger partial charge in [-0.3, -0.25) is 0 Å². The number of hydrogen-bond acceptors (Lipinski definition) is 3. The smallest absolute Gasteiger partial charge is 0.141 e. The largest absolute Gasteiger partial charge is 0.493 e. The van der Waals surface area contributed by atoms with E-state index in [0.717, 1.165) is 30.0 Å². The monoisotopic (exact) mass is 282 g/mol. The Morgan fingerprint density at radius 2 is 2.14 bits per heavy atom. The standard InChI is InChI=1S/C17H15FN2O/c1-11(12-2-5-17-13(8-12)6-7-21-17)20-15-3-4-16(18)14(9-15)10-19/h2-5,8-9,11,20H,6-7H2,1H3. The second-order valence-corrected chi connectivity index (χ2v) is 5.14. The van der Waals surface area contributed by atoms with Crippen molar-refractivity contribution in [1.29, 1.82) is 5.26 Å². The van der Waals surface area contributed by atoms with Gasteiger partial charge in [-0.15, -0.1) is 0 Å². The number of benzene rings is 2. The second-order valence-electron chi connectivity index (χ2n) is 5.14. The summed E-state index contributed by atoms with van der Waals surface area (Å²) in [6.07, 6.45) is 0.936. The van der Waals surface area contributed by atoms with E-state index in [1.54, 1.807) is 6.07 Å². The minimum Gasteiger partial charge on any atom is -0.493 e. The number of anilines is 1. The quantitative estimate of drug-likeness (QED) is 0.931. The van der Waals surface area contributed by atoms with Crippen LogP contribution >= 0.6 is 0 Å². The zero-order valence-corrected chi connectivity index (χ0v) is 11.7. The molecule has 0 radical (unpaired) electrons. The molecular formula is C17H15FN2O. The predicted molar refractivity (Wildman–Crippen MR) is 78.8 cm³/mol. The lowest BCUT2D eigenvalue weighted by atomic mass is 10.0. The summed E-state index contributed by atoms with van der Waals surface area (Å²) in [4.78, 5) is 0. The minimum absolute atomic E-state index is 0.0505. The van der Waals surface area contributed by atoms with Crippen LogP contribution in [0.15, 0.2) is 36.4 Å². The Bertz CT molecular complexity index is 721. The van der Waals surface area contributed by atoms with Crippen molar-refractivity contribution in [2.24, 2.45) is 0 Å². The van der Waals surface area contributed by atoms with Gasteiger partial charge in [0.05, 0.1) is 12.2 Å². The molecule has 1 heterocycles. The molecule has 4 heteroatoms. The first-order valence-electron chi connectivity index (χ1n) is 6.89. The Labute approximate surface area is 123 Å². The summed E-state index contributed by atoms with van der Waals surface area (Å²) in [5.74, 6) is 0.463. The van der Waals surface area contributed by atoms with Gasteiger partial charge >= 0.3 is 0 Å². The summed E-state index contributed by atoms with van der Waals surface area (Å²) >= 11 is 0. The fraction of sp³-hybridized carbons (Fsp3) is 0.235. The maximum Gasteiger partial charge on any atom is 0.141 e. The third-order valence-electron chi connectivity index (χ3n) is 3.68. The van der Waals surface area contributed by atoms with Gasteiger partial charge in [0.25, 0.3) is 0 Å². The van der Waals surface area contributed by atoms with Crippen LogP contribution in [0.5, 0.6) is 5.75 Å². The lowest BCUT2D eigenvalue weighted by molar-refractivity contribution is 0.357. The highest BCUT2D eigenvalue weighted by Crippen LogP contribution is 2.29. The average Bonchev–Trinajstić information content (AvgIpc) is 2.96. The van der Waals surface area contributed by atoms with Gasteiger partial charge in [-0.05, 0) is 48.4 Å². The van der Waals surface area contributed by atoms with Crippen LogP contribution in [0, 0.1) is 17.1 Å². The predicted octanol–water partition coefficient (Wildman–Crippen LogP) is 3.81. The average molecular weight is 282 g/mol. The molecule has 21 heavy (non-hydrogen) atoms. The number of nitrogens with one attached hydrogen (secondary N) is 1. The van der Waals surface area contributed by atoms with E-state index in [2.05, 4.69) is 11.4 Å². The number of rotatable bonds is 3. The number of fused-ring (bicyclic) bond motifs is 1. The van der Waals surface area contributed by atoms with Crippen LogP contribution in [0.1, 0.15) is 29.7 Å². The van der Waals surface area contributed by atoms with E-state index in [4.69, 9.17) is 10.00 Å². The normalized spacial score (nSPS) is 14.0. The van der Waals surface area contributed by atoms with Crippen molar-refractivity contribution in [2.75, 3.05) is 11.9 Å². The molecule has 3 rings (SSSR count). The number of nitriles is 1. The van der Waals surface area contributed by atoms with Gasteiger partial charge in [0, 0.05) is 18.2 Å². The highest BCUT2D eigenvalue weighted by molar-refractivity contribution is 5.52. The Kier molecular flexibility index (Phi) is 3.49. The summed E-state index contributed by atoms with van der Waals surface area (Å²) in [5, 5.41) is 12.2. The summed E-state index contributed by atoms with van der Waals surface area (Å²) < 4.78 is 18.8. The zero-order valence-electron chi connectivity index (χ0n) is 11.7. The lowest BCUT2D eigenvalue weighted by Gasteiger charge is -2.16. The highest BCUT2D eigenvalue weighted by Gasteiger charge is 2.14. The molecular weight excluding hydrogens is 267 g/mol. The van der Waals surface area contributed by atoms with Crippen LogP contribution in [0.3, 0.4) is 0 Å². The fourth-order valence-corrected chi connectivity index (χ4v) is 2.51. The Morgan fingerprint density at radius 1 is 1.29 bits per heavy atom. The van der Waals surface area contributed by atoms with Crippen LogP contribution in [0.25, 0.3) is 0 Å². The molecule has 2 aromatic carbocycles. The summed E-state index contributed by atoms with van der Waals surface area (Å²) in [7, 11) is 0. The van der Waals surface area contributed by atoms with Crippen LogP contribution in [-0.4, -0.2) is 6.61 Å². The number of nitrogens with zero attached hydrogens (tertiary/aromatic N) is 1. The third-order valence-corrected chi connectivity index (χ3v) is 3.68. The summed E-state index contributed by atoms with van der Waals surface area (Å²) in [5.41, 5.74) is 3.15. The van der Waals surface area contributed by atoms with E-state index < -0.39 is 5.82 Å². The molecule has 1 unspecified atom stereocenters. The van der Waals surface area contributed by atoms with Crippen molar-refractivity contribution in [3.63, 3.8) is 0 Å². The molecule has 1 atom stereocenters. The van der Waals surface area contributed by atoms with Crippen LogP contribution in [0.4, 0.5) is 10.1 Å². The van der Waals surface area contributed by atoms with Crippen molar-refractivity contribution in [3.8, 4) is 11.8 Å². The molecule has 0 spiro atoms. The molecule has 1 aliphatic heterocycles. The van der Waals surface area contributed by atoms with Crippen LogP contribution < -0.4 is 10.1 Å². The van der Waals surface area contributed by atoms with E-state index in [-0.39, 0.29) is 11.6 Å². The van der Waals surface area contributed by atoms with Crippen molar-refractivity contribution < 1.29 is 9.13 Å². The van der Waals surface area contributed by atoms with Gasteiger partial charge in [-0.2, -0.15) is 5.26 Å². The molecule has 0 bridgehead atoms. The van der Waals surface area contributed by atoms with Crippen molar-refractivity contribution >= 4 is 5.69 Å². The maximum atomic E-state index is 13.3. The molecule has 0 aromatic heterocycles. The second kappa shape index (κ2) is 5.45. The van der Waals surface area contributed by atoms with Crippen molar-refractivity contribution in [1.82, 2.24) is 0 Å². The number of halogens is 1. The van der Waals surface area contributed by atoms with Gasteiger partial charge in [-0.25, -0.2) is 4.39 Å². The first-order chi connectivity index (χ1) is 10.2. The van der Waals surface area contributed by atoms with Crippen LogP contribution in [-0.2, 0) is 6.42 Å². The minimum atomic E-state index is -0.495. The van der Waals surface area contributed by atoms with Gasteiger partial charge in [-0.1, -0.05) is 6.07 Å². The Hall–Kier alpha value is -2.54. The van der Waals surface area contributed by atoms with Gasteiger partial charge in [0.15, 0.2) is 0 Å². The molecule has 0 saturated heterocycles. The van der Waals surface area contributed by atoms with E-state index >= 15 is 0 Å². The third kappa shape index (κ3) is 2.68. The molecule has 2 aromatic rings. The Balaban J connectivity index is 1.80. The van der Waals surface area contributed by atoms with Crippen molar-refractivity contribution in [3.05, 3.63) is 58.9 Å². The molecule has 0 fully saturated rings. The molecule has 106 valence electrons. The SMILES string of the molecule is CC(Nc1ccc(F)c(C#N)c1)c1ccc2c(c1)CCO2. The molecule has 0 saturated carbocycles. The fourth-order valence-electron chi connectivity index (χ4n) is 2.51. The van der Waals surface area contributed by atoms with E-state index in [1.807, 2.05) is 25.1 Å². The first-order valence-corrected chi connectivity index (χ1v) is 6.89. The summed E-state index contributed by atoms with van der Waals surface area (Å²) in [6, 6.07) is 12.5. The molecule has 0 aliphatic carbocycles. The topological polar surface area (TPSA) is 45.0 Å². The Morgan fingerprint density at radius 3 is 2.95 bits per heavy atom. The van der Waals surface area contributed by atoms with Crippen molar-refractivity contribution in [2.45, 2.75) is 19.4 Å². The van der Waals surface area contributed by atoms with Crippen LogP contribution in [0.2, 0.25) is 0 Å². The maximum absolute atomic E-state index is 13.3. The number of hydrogen-bond donors (Lipinski definition) is 1. The van der Waals surface area contributed by atoms with Gasteiger partial charge in [0.2, 0.25) is 0 Å². The van der Waals surface area contributed by atoms with E-state index in [9.17, 15) is 4.39 Å². The van der Waals surface area contributed by atoms with E-state index in [1.165, 1.54) is 17.7 Å². The summed E-state index contributed by atoms with van der Waals surface area (Å²) in [6.45, 7) is 2.77. The highest BCUT2D eigenvalue weighted by atomic mass is 19.1. The molecule has 1 N–H and O–H groups in total. The lowest BCUT2D eigenvalue weighted by Crippen LogP contribution is -2.07. The number of ether oxygens (including phenoxy) is 1. The van der Waals surface area contributed by atoms with Gasteiger partial charge < -0.3 is 10.1 Å².